The molecule has 4 heteroatoms. The highest BCUT2D eigenvalue weighted by Gasteiger charge is 2.20. The second kappa shape index (κ2) is 4.21. The Morgan fingerprint density at radius 1 is 1.33 bits per heavy atom. The zero-order valence-corrected chi connectivity index (χ0v) is 7.84. The van der Waals surface area contributed by atoms with Gasteiger partial charge in [0.05, 0.1) is 0 Å². The molecule has 0 atom stereocenters. The smallest absolute Gasteiger partial charge is 0.289 e. The molecule has 0 aromatic rings. The summed E-state index contributed by atoms with van der Waals surface area (Å²) in [6, 6.07) is 0. The first-order valence-corrected chi connectivity index (χ1v) is 3.79. The minimum Gasteiger partial charge on any atom is -0.289 e. The van der Waals surface area contributed by atoms with Gasteiger partial charge in [-0.3, -0.25) is 9.68 Å². The van der Waals surface area contributed by atoms with Crippen LogP contribution in [0.3, 0.4) is 0 Å². The van der Waals surface area contributed by atoms with Crippen LogP contribution in [0, 0.1) is 0 Å². The molecule has 0 aliphatic heterocycles. The van der Waals surface area contributed by atoms with Crippen LogP contribution in [0.15, 0.2) is 0 Å². The predicted octanol–water partition coefficient (Wildman–Crippen LogP) is 1.24. The molecule has 0 saturated carbocycles. The van der Waals surface area contributed by atoms with Gasteiger partial charge < -0.3 is 0 Å². The zero-order chi connectivity index (χ0) is 9.78. The quantitative estimate of drug-likeness (QED) is 0.365. The van der Waals surface area contributed by atoms with Gasteiger partial charge in [0.15, 0.2) is 0 Å². The Balaban J connectivity index is 3.83. The van der Waals surface area contributed by atoms with Crippen molar-refractivity contribution in [2.45, 2.75) is 39.7 Å². The van der Waals surface area contributed by atoms with E-state index in [4.69, 9.17) is 4.89 Å². The largest absolute Gasteiger partial charge is 0.408 e. The summed E-state index contributed by atoms with van der Waals surface area (Å²) in [5, 5.41) is 0. The van der Waals surface area contributed by atoms with Crippen molar-refractivity contribution < 1.29 is 19.4 Å². The first-order valence-electron chi connectivity index (χ1n) is 3.79. The van der Waals surface area contributed by atoms with E-state index in [1.165, 1.54) is 0 Å². The third kappa shape index (κ3) is 4.08. The summed E-state index contributed by atoms with van der Waals surface area (Å²) in [5.41, 5.74) is -0.537. The summed E-state index contributed by atoms with van der Waals surface area (Å²) < 4.78 is 0. The Bertz CT molecular complexity index is 183. The molecule has 0 rings (SSSR count). The van der Waals surface area contributed by atoms with Gasteiger partial charge in [0, 0.05) is 6.92 Å². The molecule has 0 spiro atoms. The Kier molecular flexibility index (Phi) is 3.89. The van der Waals surface area contributed by atoms with Crippen LogP contribution >= 0.6 is 0 Å². The normalized spacial score (nSPS) is 11.0. The molecular weight excluding hydrogens is 160 g/mol. The number of hydrogen-bond donors (Lipinski definition) is 0. The first-order chi connectivity index (χ1) is 5.39. The van der Waals surface area contributed by atoms with Crippen molar-refractivity contribution in [1.82, 2.24) is 0 Å². The summed E-state index contributed by atoms with van der Waals surface area (Å²) >= 11 is 0. The fourth-order valence-corrected chi connectivity index (χ4v) is 0.268. The third-order valence-corrected chi connectivity index (χ3v) is 1.48. The lowest BCUT2D eigenvalue weighted by molar-refractivity contribution is -0.322. The fourth-order valence-electron chi connectivity index (χ4n) is 0.268. The van der Waals surface area contributed by atoms with E-state index in [1.54, 1.807) is 13.8 Å². The fraction of sp³-hybridized carbons (Fsp3) is 0.750. The molecule has 0 N–H and O–H groups in total. The van der Waals surface area contributed by atoms with Gasteiger partial charge in [0.2, 0.25) is 5.78 Å². The van der Waals surface area contributed by atoms with E-state index in [-0.39, 0.29) is 0 Å². The van der Waals surface area contributed by atoms with Crippen molar-refractivity contribution >= 4 is 11.8 Å². The third-order valence-electron chi connectivity index (χ3n) is 1.48. The molecule has 0 heterocycles. The molecule has 0 amide bonds. The van der Waals surface area contributed by atoms with Crippen LogP contribution in [0.5, 0.6) is 0 Å². The van der Waals surface area contributed by atoms with Gasteiger partial charge in [-0.15, -0.1) is 0 Å². The summed E-state index contributed by atoms with van der Waals surface area (Å²) in [6.07, 6.45) is 0.693. The monoisotopic (exact) mass is 174 g/mol. The Hall–Kier alpha value is -0.900. The number of carbonyl (C=O) groups excluding carboxylic acids is 2. The van der Waals surface area contributed by atoms with E-state index >= 15 is 0 Å². The van der Waals surface area contributed by atoms with E-state index in [0.717, 1.165) is 6.92 Å². The SMILES string of the molecule is CCC(C)(C)OOC(=O)C(C)=O. The van der Waals surface area contributed by atoms with Crippen molar-refractivity contribution in [3.8, 4) is 0 Å². The molecule has 0 unspecified atom stereocenters. The lowest BCUT2D eigenvalue weighted by Crippen LogP contribution is -2.27. The predicted molar refractivity (Wildman–Crippen MR) is 42.2 cm³/mol. The second-order valence-electron chi connectivity index (χ2n) is 3.12. The highest BCUT2D eigenvalue weighted by molar-refractivity contribution is 6.32. The Morgan fingerprint density at radius 3 is 2.17 bits per heavy atom. The maximum absolute atomic E-state index is 10.6. The Labute approximate surface area is 71.8 Å². The molecule has 0 radical (unpaired) electrons. The van der Waals surface area contributed by atoms with Crippen molar-refractivity contribution in [3.05, 3.63) is 0 Å². The lowest BCUT2D eigenvalue weighted by atomic mass is 10.1. The maximum atomic E-state index is 10.6. The highest BCUT2D eigenvalue weighted by atomic mass is 17.2. The summed E-state index contributed by atoms with van der Waals surface area (Å²) in [6.45, 7) is 6.55. The molecule has 0 aromatic carbocycles. The van der Waals surface area contributed by atoms with Crippen LogP contribution in [-0.2, 0) is 19.4 Å². The summed E-state index contributed by atoms with van der Waals surface area (Å²) in [7, 11) is 0. The van der Waals surface area contributed by atoms with Gasteiger partial charge in [-0.05, 0) is 20.3 Å². The Morgan fingerprint density at radius 2 is 1.83 bits per heavy atom. The van der Waals surface area contributed by atoms with Crippen LogP contribution in [-0.4, -0.2) is 17.4 Å². The average molecular weight is 174 g/mol. The lowest BCUT2D eigenvalue weighted by Gasteiger charge is -2.19. The minimum absolute atomic E-state index is 0.537. The van der Waals surface area contributed by atoms with Crippen LogP contribution < -0.4 is 0 Å². The van der Waals surface area contributed by atoms with Gasteiger partial charge in [0.1, 0.15) is 5.60 Å². The first kappa shape index (κ1) is 11.1. The van der Waals surface area contributed by atoms with E-state index in [9.17, 15) is 9.59 Å². The number of hydrogen-bond acceptors (Lipinski definition) is 4. The zero-order valence-electron chi connectivity index (χ0n) is 7.84. The molecule has 0 bridgehead atoms. The van der Waals surface area contributed by atoms with E-state index in [2.05, 4.69) is 4.89 Å². The molecule has 70 valence electrons. The van der Waals surface area contributed by atoms with Crippen molar-refractivity contribution in [2.24, 2.45) is 0 Å². The maximum Gasteiger partial charge on any atom is 0.408 e. The van der Waals surface area contributed by atoms with Crippen LogP contribution in [0.25, 0.3) is 0 Å². The molecule has 0 aromatic heterocycles. The van der Waals surface area contributed by atoms with Gasteiger partial charge in [-0.1, -0.05) is 6.92 Å². The standard InChI is InChI=1S/C8H14O4/c1-5-8(3,4)12-11-7(10)6(2)9/h5H2,1-4H3. The van der Waals surface area contributed by atoms with E-state index < -0.39 is 17.4 Å². The molecule has 0 aliphatic rings. The van der Waals surface area contributed by atoms with Crippen LogP contribution in [0.2, 0.25) is 0 Å². The van der Waals surface area contributed by atoms with E-state index in [0.29, 0.717) is 6.42 Å². The number of carbonyl (C=O) groups is 2. The van der Waals surface area contributed by atoms with Gasteiger partial charge in [-0.25, -0.2) is 4.79 Å². The molecular formula is C8H14O4. The topological polar surface area (TPSA) is 52.6 Å². The number of Topliss-reactive ketones (excluding diaryl/α,β-unsaturated/α-hetero) is 1. The second-order valence-corrected chi connectivity index (χ2v) is 3.12. The molecule has 12 heavy (non-hydrogen) atoms. The average Bonchev–Trinajstić information content (AvgIpc) is 2.00. The van der Waals surface area contributed by atoms with Crippen LogP contribution in [0.1, 0.15) is 34.1 Å². The molecule has 0 aliphatic carbocycles. The minimum atomic E-state index is -0.962. The van der Waals surface area contributed by atoms with Gasteiger partial charge in [0.25, 0.3) is 0 Å². The number of rotatable bonds is 4. The van der Waals surface area contributed by atoms with Gasteiger partial charge in [-0.2, -0.15) is 4.89 Å². The van der Waals surface area contributed by atoms with Crippen molar-refractivity contribution in [2.75, 3.05) is 0 Å². The van der Waals surface area contributed by atoms with Crippen molar-refractivity contribution in [1.29, 1.82) is 0 Å². The van der Waals surface area contributed by atoms with Gasteiger partial charge >= 0.3 is 5.97 Å². The molecule has 0 fully saturated rings. The molecule has 0 saturated heterocycles. The molecule has 4 nitrogen and oxygen atoms in total. The summed E-state index contributed by atoms with van der Waals surface area (Å²) in [5.74, 6) is -1.63. The number of ketones is 1. The van der Waals surface area contributed by atoms with Crippen molar-refractivity contribution in [3.63, 3.8) is 0 Å². The van der Waals surface area contributed by atoms with Crippen LogP contribution in [0.4, 0.5) is 0 Å². The summed E-state index contributed by atoms with van der Waals surface area (Å²) in [4.78, 5) is 30.0. The highest BCUT2D eigenvalue weighted by Crippen LogP contribution is 2.13. The van der Waals surface area contributed by atoms with E-state index in [1.807, 2.05) is 6.92 Å².